The number of rotatable bonds is 6. The van der Waals surface area contributed by atoms with Crippen LogP contribution >= 0.6 is 11.3 Å². The van der Waals surface area contributed by atoms with Gasteiger partial charge < -0.3 is 9.30 Å². The zero-order valence-electron chi connectivity index (χ0n) is 15.4. The fourth-order valence-corrected chi connectivity index (χ4v) is 4.89. The highest BCUT2D eigenvalue weighted by molar-refractivity contribution is 7.92. The van der Waals surface area contributed by atoms with E-state index in [2.05, 4.69) is 4.99 Å². The Kier molecular flexibility index (Phi) is 5.95. The predicted octanol–water partition coefficient (Wildman–Crippen LogP) is 3.16. The van der Waals surface area contributed by atoms with Gasteiger partial charge in [-0.2, -0.15) is 4.99 Å². The zero-order chi connectivity index (χ0) is 20.3. The number of thiazole rings is 1. The molecule has 9 heteroatoms. The van der Waals surface area contributed by atoms with E-state index in [0.29, 0.717) is 17.1 Å². The van der Waals surface area contributed by atoms with Crippen LogP contribution in [0.2, 0.25) is 0 Å². The first-order valence-corrected chi connectivity index (χ1v) is 11.0. The van der Waals surface area contributed by atoms with Crippen molar-refractivity contribution in [3.8, 4) is 5.75 Å². The van der Waals surface area contributed by atoms with Gasteiger partial charge in [0, 0.05) is 12.6 Å². The number of aromatic nitrogens is 1. The van der Waals surface area contributed by atoms with Crippen LogP contribution in [0.4, 0.5) is 4.39 Å². The van der Waals surface area contributed by atoms with Gasteiger partial charge in [-0.15, -0.1) is 0 Å². The molecule has 1 heterocycles. The molecule has 0 saturated heterocycles. The molecule has 0 saturated carbocycles. The number of carbonyl (C=O) groups is 1. The molecule has 1 amide bonds. The van der Waals surface area contributed by atoms with E-state index in [1.807, 2.05) is 29.7 Å². The first-order valence-electron chi connectivity index (χ1n) is 8.57. The minimum Gasteiger partial charge on any atom is -0.497 e. The van der Waals surface area contributed by atoms with Crippen molar-refractivity contribution in [2.75, 3.05) is 12.9 Å². The molecule has 3 rings (SSSR count). The topological polar surface area (TPSA) is 77.7 Å². The first-order chi connectivity index (χ1) is 13.3. The fourth-order valence-electron chi connectivity index (χ4n) is 2.73. The Morgan fingerprint density at radius 2 is 1.93 bits per heavy atom. The molecule has 0 atom stereocenters. The van der Waals surface area contributed by atoms with E-state index >= 15 is 0 Å². The fraction of sp³-hybridized carbons (Fsp3) is 0.263. The molecule has 1 aromatic heterocycles. The van der Waals surface area contributed by atoms with Crippen molar-refractivity contribution in [1.29, 1.82) is 0 Å². The maximum Gasteiger partial charge on any atom is 0.263 e. The third kappa shape index (κ3) is 4.31. The number of nitrogens with zero attached hydrogens (tertiary/aromatic N) is 2. The molecular formula is C19H19FN2O4S2. The minimum absolute atomic E-state index is 0.111. The number of halogens is 1. The van der Waals surface area contributed by atoms with E-state index in [1.54, 1.807) is 7.11 Å². The van der Waals surface area contributed by atoms with Crippen molar-refractivity contribution in [1.82, 2.24) is 4.57 Å². The Hall–Kier alpha value is -2.52. The number of sulfone groups is 1. The Bertz CT molecular complexity index is 1180. The quantitative estimate of drug-likeness (QED) is 0.572. The maximum absolute atomic E-state index is 13.0. The van der Waals surface area contributed by atoms with E-state index in [0.717, 1.165) is 40.9 Å². The van der Waals surface area contributed by atoms with Gasteiger partial charge in [0.15, 0.2) is 14.6 Å². The summed E-state index contributed by atoms with van der Waals surface area (Å²) in [4.78, 5) is 16.7. The molecule has 0 radical (unpaired) electrons. The molecule has 148 valence electrons. The number of amides is 1. The Labute approximate surface area is 165 Å². The average molecular weight is 423 g/mol. The molecule has 0 fully saturated rings. The van der Waals surface area contributed by atoms with Gasteiger partial charge in [-0.05, 0) is 42.8 Å². The van der Waals surface area contributed by atoms with Crippen molar-refractivity contribution in [3.63, 3.8) is 0 Å². The molecule has 0 aliphatic rings. The van der Waals surface area contributed by atoms with Crippen LogP contribution in [0.1, 0.15) is 13.3 Å². The highest BCUT2D eigenvalue weighted by Gasteiger charge is 2.19. The van der Waals surface area contributed by atoms with Gasteiger partial charge in [0.05, 0.1) is 22.2 Å². The third-order valence-corrected chi connectivity index (χ3v) is 6.72. The summed E-state index contributed by atoms with van der Waals surface area (Å²) in [7, 11) is -2.32. The minimum atomic E-state index is -3.90. The molecule has 0 spiro atoms. The van der Waals surface area contributed by atoms with E-state index in [9.17, 15) is 17.6 Å². The zero-order valence-corrected chi connectivity index (χ0v) is 17.0. The smallest absolute Gasteiger partial charge is 0.263 e. The lowest BCUT2D eigenvalue weighted by atomic mass is 10.3. The molecule has 28 heavy (non-hydrogen) atoms. The monoisotopic (exact) mass is 422 g/mol. The molecule has 6 nitrogen and oxygen atoms in total. The van der Waals surface area contributed by atoms with Crippen molar-refractivity contribution >= 4 is 37.3 Å². The predicted molar refractivity (Wildman–Crippen MR) is 106 cm³/mol. The molecule has 0 unspecified atom stereocenters. The number of aryl methyl sites for hydroxylation is 1. The van der Waals surface area contributed by atoms with Crippen molar-refractivity contribution in [2.45, 2.75) is 24.8 Å². The summed E-state index contributed by atoms with van der Waals surface area (Å²) < 4.78 is 45.8. The van der Waals surface area contributed by atoms with Crippen LogP contribution in [0.5, 0.6) is 5.75 Å². The van der Waals surface area contributed by atoms with Crippen LogP contribution < -0.4 is 9.54 Å². The highest BCUT2D eigenvalue weighted by atomic mass is 32.2. The maximum atomic E-state index is 13.0. The number of benzene rings is 2. The van der Waals surface area contributed by atoms with Gasteiger partial charge in [-0.1, -0.05) is 18.3 Å². The van der Waals surface area contributed by atoms with Gasteiger partial charge in [0.25, 0.3) is 5.91 Å². The van der Waals surface area contributed by atoms with Gasteiger partial charge in [-0.3, -0.25) is 4.79 Å². The summed E-state index contributed by atoms with van der Waals surface area (Å²) in [5, 5.41) is 0. The summed E-state index contributed by atoms with van der Waals surface area (Å²) in [6.45, 7) is 2.63. The number of methoxy groups -OCH3 is 1. The largest absolute Gasteiger partial charge is 0.497 e. The summed E-state index contributed by atoms with van der Waals surface area (Å²) in [6.07, 6.45) is 0.818. The van der Waals surface area contributed by atoms with Gasteiger partial charge in [0.1, 0.15) is 17.3 Å². The number of hydrogen-bond acceptors (Lipinski definition) is 5. The van der Waals surface area contributed by atoms with Crippen LogP contribution in [0.25, 0.3) is 10.2 Å². The van der Waals surface area contributed by atoms with Gasteiger partial charge >= 0.3 is 0 Å². The molecule has 0 aliphatic heterocycles. The van der Waals surface area contributed by atoms with Crippen LogP contribution in [-0.2, 0) is 21.2 Å². The van der Waals surface area contributed by atoms with Gasteiger partial charge in [-0.25, -0.2) is 12.8 Å². The molecule has 0 aliphatic carbocycles. The van der Waals surface area contributed by atoms with Crippen LogP contribution in [0.15, 0.2) is 52.4 Å². The lowest BCUT2D eigenvalue weighted by Gasteiger charge is -2.05. The SMILES string of the molecule is CCCn1c(=NC(=O)CS(=O)(=O)c2ccc(F)cc2)sc2ccc(OC)cc21. The van der Waals surface area contributed by atoms with Crippen molar-refractivity contribution < 1.29 is 22.3 Å². The number of ether oxygens (including phenoxy) is 1. The summed E-state index contributed by atoms with van der Waals surface area (Å²) in [5.41, 5.74) is 0.874. The molecule has 0 N–H and O–H groups in total. The number of fused-ring (bicyclic) bond motifs is 1. The summed E-state index contributed by atoms with van der Waals surface area (Å²) in [6, 6.07) is 9.93. The van der Waals surface area contributed by atoms with Crippen LogP contribution in [0, 0.1) is 5.82 Å². The summed E-state index contributed by atoms with van der Waals surface area (Å²) >= 11 is 1.31. The first kappa shape index (κ1) is 20.2. The third-order valence-electron chi connectivity index (χ3n) is 4.04. The van der Waals surface area contributed by atoms with E-state index in [-0.39, 0.29) is 4.90 Å². The molecule has 3 aromatic rings. The molecular weight excluding hydrogens is 403 g/mol. The lowest BCUT2D eigenvalue weighted by Crippen LogP contribution is -2.21. The second kappa shape index (κ2) is 8.24. The van der Waals surface area contributed by atoms with E-state index < -0.39 is 27.3 Å². The van der Waals surface area contributed by atoms with E-state index in [4.69, 9.17) is 4.74 Å². The van der Waals surface area contributed by atoms with Crippen molar-refractivity contribution in [3.05, 3.63) is 53.1 Å². The summed E-state index contributed by atoms with van der Waals surface area (Å²) in [5.74, 6) is -1.40. The van der Waals surface area contributed by atoms with Crippen molar-refractivity contribution in [2.24, 2.45) is 4.99 Å². The normalized spacial score (nSPS) is 12.5. The van der Waals surface area contributed by atoms with E-state index in [1.165, 1.54) is 11.3 Å². The number of hydrogen-bond donors (Lipinski definition) is 0. The number of carbonyl (C=O) groups excluding carboxylic acids is 1. The van der Waals surface area contributed by atoms with Crippen LogP contribution in [-0.4, -0.2) is 31.8 Å². The second-order valence-electron chi connectivity index (χ2n) is 6.09. The Morgan fingerprint density at radius 3 is 2.57 bits per heavy atom. The average Bonchev–Trinajstić information content (AvgIpc) is 2.98. The molecule has 0 bridgehead atoms. The highest BCUT2D eigenvalue weighted by Crippen LogP contribution is 2.23. The lowest BCUT2D eigenvalue weighted by molar-refractivity contribution is -0.115. The van der Waals surface area contributed by atoms with Crippen LogP contribution in [0.3, 0.4) is 0 Å². The van der Waals surface area contributed by atoms with Gasteiger partial charge in [0.2, 0.25) is 0 Å². The second-order valence-corrected chi connectivity index (χ2v) is 9.09. The molecule has 2 aromatic carbocycles. The Balaban J connectivity index is 1.98. The Morgan fingerprint density at radius 1 is 1.21 bits per heavy atom. The standard InChI is InChI=1S/C19H19FN2O4S2/c1-3-10-22-16-11-14(26-2)6-9-17(16)27-19(22)21-18(23)12-28(24,25)15-7-4-13(20)5-8-15/h4-9,11H,3,10,12H2,1-2H3.